The number of anilines is 1. The maximum Gasteiger partial charge on any atom is 0.249 e. The molecule has 3 aromatic heterocycles. The highest BCUT2D eigenvalue weighted by molar-refractivity contribution is 5.78. The van der Waals surface area contributed by atoms with Gasteiger partial charge in [-0.3, -0.25) is 9.89 Å². The van der Waals surface area contributed by atoms with Crippen molar-refractivity contribution >= 4 is 11.7 Å². The summed E-state index contributed by atoms with van der Waals surface area (Å²) in [6.45, 7) is 1.05. The van der Waals surface area contributed by atoms with Crippen molar-refractivity contribution < 1.29 is 9.21 Å². The monoisotopic (exact) mass is 442 g/mol. The smallest absolute Gasteiger partial charge is 0.249 e. The summed E-state index contributed by atoms with van der Waals surface area (Å²) in [7, 11) is 0. The van der Waals surface area contributed by atoms with Crippen LogP contribution in [-0.2, 0) is 37.0 Å². The molecule has 33 heavy (non-hydrogen) atoms. The third-order valence-electron chi connectivity index (χ3n) is 6.21. The van der Waals surface area contributed by atoms with Crippen molar-refractivity contribution in [2.75, 3.05) is 11.9 Å². The van der Waals surface area contributed by atoms with Gasteiger partial charge in [-0.15, -0.1) is 15.3 Å². The van der Waals surface area contributed by atoms with Crippen LogP contribution < -0.4 is 5.32 Å². The van der Waals surface area contributed by atoms with E-state index in [2.05, 4.69) is 60.2 Å². The lowest BCUT2D eigenvalue weighted by atomic mass is 10.1. The largest absolute Gasteiger partial charge is 0.420 e. The van der Waals surface area contributed by atoms with E-state index in [1.807, 2.05) is 12.1 Å². The van der Waals surface area contributed by atoms with Crippen molar-refractivity contribution in [3.63, 3.8) is 0 Å². The molecule has 0 saturated heterocycles. The summed E-state index contributed by atoms with van der Waals surface area (Å²) in [6.07, 6.45) is 4.46. The maximum atomic E-state index is 12.7. The van der Waals surface area contributed by atoms with Gasteiger partial charge in [0.25, 0.3) is 0 Å². The van der Waals surface area contributed by atoms with E-state index in [-0.39, 0.29) is 18.2 Å². The Hall–Kier alpha value is -4.08. The molecular weight excluding hydrogens is 420 g/mol. The molecule has 1 aliphatic carbocycles. The predicted octanol–water partition coefficient (Wildman–Crippen LogP) is 1.96. The van der Waals surface area contributed by atoms with Crippen LogP contribution in [-0.4, -0.2) is 54.0 Å². The van der Waals surface area contributed by atoms with E-state index in [0.29, 0.717) is 37.0 Å². The van der Waals surface area contributed by atoms with Gasteiger partial charge in [0.15, 0.2) is 0 Å². The molecule has 0 fully saturated rings. The van der Waals surface area contributed by atoms with Gasteiger partial charge in [0.1, 0.15) is 17.9 Å². The lowest BCUT2D eigenvalue weighted by Gasteiger charge is -2.25. The van der Waals surface area contributed by atoms with Gasteiger partial charge >= 0.3 is 0 Å². The lowest BCUT2D eigenvalue weighted by molar-refractivity contribution is -0.131. The Kier molecular flexibility index (Phi) is 4.82. The molecule has 2 N–H and O–H groups in total. The van der Waals surface area contributed by atoms with Crippen molar-refractivity contribution in [2.45, 2.75) is 38.3 Å². The maximum absolute atomic E-state index is 12.7. The normalized spacial score (nSPS) is 15.3. The van der Waals surface area contributed by atoms with Crippen LogP contribution in [0.15, 0.2) is 47.0 Å². The van der Waals surface area contributed by atoms with E-state index < -0.39 is 0 Å². The zero-order valence-corrected chi connectivity index (χ0v) is 17.9. The zero-order valence-electron chi connectivity index (χ0n) is 17.9. The highest BCUT2D eigenvalue weighted by atomic mass is 16.4. The summed E-state index contributed by atoms with van der Waals surface area (Å²) in [5.74, 6) is 1.37. The van der Waals surface area contributed by atoms with E-state index in [1.165, 1.54) is 11.1 Å². The van der Waals surface area contributed by atoms with Gasteiger partial charge in [-0.2, -0.15) is 0 Å². The van der Waals surface area contributed by atoms with Crippen molar-refractivity contribution in [2.24, 2.45) is 0 Å². The number of fused-ring (bicyclic) bond motifs is 2. The Morgan fingerprint density at radius 2 is 1.97 bits per heavy atom. The number of pyridine rings is 1. The van der Waals surface area contributed by atoms with Crippen LogP contribution in [0.1, 0.15) is 28.4 Å². The summed E-state index contributed by atoms with van der Waals surface area (Å²) in [6, 6.07) is 12.7. The molecule has 4 aromatic rings. The van der Waals surface area contributed by atoms with Crippen molar-refractivity contribution in [1.82, 2.24) is 35.5 Å². The van der Waals surface area contributed by atoms with E-state index in [0.717, 1.165) is 30.0 Å². The average Bonchev–Trinajstić information content (AvgIpc) is 3.58. The third-order valence-corrected chi connectivity index (χ3v) is 6.21. The Morgan fingerprint density at radius 3 is 2.76 bits per heavy atom. The zero-order chi connectivity index (χ0) is 22.2. The van der Waals surface area contributed by atoms with Crippen LogP contribution in [0.25, 0.3) is 11.5 Å². The molecule has 1 aliphatic heterocycles. The highest BCUT2D eigenvalue weighted by Gasteiger charge is 2.25. The minimum Gasteiger partial charge on any atom is -0.420 e. The molecule has 2 aliphatic rings. The molecule has 4 heterocycles. The number of benzene rings is 1. The Morgan fingerprint density at radius 1 is 1.12 bits per heavy atom. The summed E-state index contributed by atoms with van der Waals surface area (Å²) in [5, 5.41) is 22.3. The van der Waals surface area contributed by atoms with Gasteiger partial charge in [-0.25, -0.2) is 4.98 Å². The first-order valence-electron chi connectivity index (χ1n) is 11.0. The second-order valence-corrected chi connectivity index (χ2v) is 8.43. The minimum absolute atomic E-state index is 0.0511. The molecule has 0 atom stereocenters. The Balaban J connectivity index is 1.07. The van der Waals surface area contributed by atoms with Crippen LogP contribution in [0.2, 0.25) is 0 Å². The number of nitrogens with one attached hydrogen (secondary N) is 2. The van der Waals surface area contributed by atoms with Crippen LogP contribution in [0.4, 0.5) is 5.82 Å². The van der Waals surface area contributed by atoms with Crippen LogP contribution in [0.5, 0.6) is 0 Å². The number of hydrogen-bond donors (Lipinski definition) is 2. The first-order valence-corrected chi connectivity index (χ1v) is 11.0. The Bertz CT molecular complexity index is 1270. The number of amides is 1. The molecule has 6 rings (SSSR count). The molecule has 1 amide bonds. The fraction of sp³-hybridized carbons (Fsp3) is 0.304. The SMILES string of the molecule is O=C(Cc1nnc(-c2ccc(NC3Cc4ccccc4C3)nc2)o1)N1CCc2[nH]nnc2C1. The molecule has 10 heteroatoms. The lowest BCUT2D eigenvalue weighted by Crippen LogP contribution is -2.37. The number of aromatic amines is 1. The van der Waals surface area contributed by atoms with Crippen LogP contribution >= 0.6 is 0 Å². The van der Waals surface area contributed by atoms with Crippen molar-refractivity contribution in [3.05, 3.63) is 71.0 Å². The van der Waals surface area contributed by atoms with Crippen molar-refractivity contribution in [3.8, 4) is 11.5 Å². The van der Waals surface area contributed by atoms with E-state index >= 15 is 0 Å². The first kappa shape index (κ1) is 19.6. The summed E-state index contributed by atoms with van der Waals surface area (Å²) >= 11 is 0. The fourth-order valence-electron chi connectivity index (χ4n) is 4.48. The number of H-pyrrole nitrogens is 1. The molecular formula is C23H22N8O2. The second-order valence-electron chi connectivity index (χ2n) is 8.43. The molecule has 10 nitrogen and oxygen atoms in total. The van der Waals surface area contributed by atoms with Gasteiger partial charge in [-0.1, -0.05) is 29.5 Å². The third kappa shape index (κ3) is 3.95. The summed E-state index contributed by atoms with van der Waals surface area (Å²) in [4.78, 5) is 18.9. The molecule has 0 saturated carbocycles. The fourth-order valence-corrected chi connectivity index (χ4v) is 4.48. The molecule has 166 valence electrons. The Labute approximate surface area is 189 Å². The minimum atomic E-state index is -0.0749. The quantitative estimate of drug-likeness (QED) is 0.480. The molecule has 0 unspecified atom stereocenters. The number of carbonyl (C=O) groups excluding carboxylic acids is 1. The second kappa shape index (κ2) is 8.12. The molecule has 0 spiro atoms. The van der Waals surface area contributed by atoms with Gasteiger partial charge in [-0.05, 0) is 36.1 Å². The number of hydrogen-bond acceptors (Lipinski definition) is 8. The van der Waals surface area contributed by atoms with Crippen LogP contribution in [0.3, 0.4) is 0 Å². The molecule has 0 radical (unpaired) electrons. The van der Waals surface area contributed by atoms with E-state index in [4.69, 9.17) is 4.42 Å². The summed E-state index contributed by atoms with van der Waals surface area (Å²) in [5.41, 5.74) is 5.30. The van der Waals surface area contributed by atoms with Crippen LogP contribution in [0, 0.1) is 0 Å². The van der Waals surface area contributed by atoms with Gasteiger partial charge in [0.2, 0.25) is 17.7 Å². The van der Waals surface area contributed by atoms with Gasteiger partial charge < -0.3 is 14.6 Å². The van der Waals surface area contributed by atoms with Crippen molar-refractivity contribution in [1.29, 1.82) is 0 Å². The first-order chi connectivity index (χ1) is 16.2. The number of nitrogens with zero attached hydrogens (tertiary/aromatic N) is 6. The van der Waals surface area contributed by atoms with Gasteiger partial charge in [0, 0.05) is 25.2 Å². The van der Waals surface area contributed by atoms with Gasteiger partial charge in [0.05, 0.1) is 17.8 Å². The standard InChI is InChI=1S/C23H22N8O2/c32-22(31-8-7-18-19(13-31)27-30-26-18)11-21-28-29-23(33-21)16-5-6-20(24-12-16)25-17-9-14-3-1-2-4-15(14)10-17/h1-6,12,17H,7-11,13H2,(H,24,25)(H,26,27,30). The summed E-state index contributed by atoms with van der Waals surface area (Å²) < 4.78 is 5.74. The predicted molar refractivity (Wildman–Crippen MR) is 118 cm³/mol. The highest BCUT2D eigenvalue weighted by Crippen LogP contribution is 2.25. The average molecular weight is 442 g/mol. The number of carbonyl (C=O) groups is 1. The van der Waals surface area contributed by atoms with E-state index in [1.54, 1.807) is 11.1 Å². The van der Waals surface area contributed by atoms with E-state index in [9.17, 15) is 4.79 Å². The molecule has 1 aromatic carbocycles. The number of aromatic nitrogens is 6. The topological polar surface area (TPSA) is 126 Å². The molecule has 0 bridgehead atoms. The number of rotatable bonds is 5.